The van der Waals surface area contributed by atoms with Gasteiger partial charge in [-0.15, -0.1) is 0 Å². The smallest absolute Gasteiger partial charge is 0.435 e. The van der Waals surface area contributed by atoms with Gasteiger partial charge < -0.3 is 9.73 Å². The maximum absolute atomic E-state index is 12.5. The zero-order chi connectivity index (χ0) is 15.0. The van der Waals surface area contributed by atoms with Crippen molar-refractivity contribution in [2.75, 3.05) is 0 Å². The molecule has 0 atom stereocenters. The Bertz CT molecular complexity index is 626. The van der Waals surface area contributed by atoms with Gasteiger partial charge in [-0.2, -0.15) is 18.3 Å². The van der Waals surface area contributed by atoms with Crippen molar-refractivity contribution in [1.29, 1.82) is 0 Å². The van der Waals surface area contributed by atoms with Gasteiger partial charge in [0.2, 0.25) is 0 Å². The van der Waals surface area contributed by atoms with E-state index in [9.17, 15) is 13.2 Å². The lowest BCUT2D eigenvalue weighted by atomic mass is 10.2. The largest absolute Gasteiger partial charge is 0.465 e. The molecule has 0 spiro atoms. The second kappa shape index (κ2) is 5.22. The Morgan fingerprint density at radius 1 is 1.43 bits per heavy atom. The average molecular weight is 299 g/mol. The van der Waals surface area contributed by atoms with E-state index >= 15 is 0 Å². The van der Waals surface area contributed by atoms with Gasteiger partial charge in [0.05, 0.1) is 13.1 Å². The Kier molecular flexibility index (Phi) is 3.52. The van der Waals surface area contributed by atoms with E-state index < -0.39 is 11.9 Å². The van der Waals surface area contributed by atoms with Gasteiger partial charge >= 0.3 is 6.18 Å². The van der Waals surface area contributed by atoms with Crippen LogP contribution in [0.5, 0.6) is 0 Å². The van der Waals surface area contributed by atoms with Crippen LogP contribution in [0.15, 0.2) is 22.7 Å². The molecule has 21 heavy (non-hydrogen) atoms. The van der Waals surface area contributed by atoms with Crippen LogP contribution >= 0.6 is 0 Å². The first-order chi connectivity index (χ1) is 9.91. The van der Waals surface area contributed by atoms with E-state index in [0.717, 1.165) is 17.4 Å². The Morgan fingerprint density at radius 2 is 2.19 bits per heavy atom. The number of nitrogens with zero attached hydrogens (tertiary/aromatic N) is 2. The first-order valence-electron chi connectivity index (χ1n) is 6.84. The molecule has 0 bridgehead atoms. The second-order valence-corrected chi connectivity index (χ2v) is 5.35. The number of halogens is 3. The fourth-order valence-electron chi connectivity index (χ4n) is 2.14. The van der Waals surface area contributed by atoms with Gasteiger partial charge in [-0.05, 0) is 31.9 Å². The minimum atomic E-state index is -4.41. The number of aromatic nitrogens is 2. The number of hydrogen-bond donors (Lipinski definition) is 1. The highest BCUT2D eigenvalue weighted by Gasteiger charge is 2.33. The van der Waals surface area contributed by atoms with Crippen LogP contribution in [0, 0.1) is 6.92 Å². The maximum Gasteiger partial charge on any atom is 0.435 e. The predicted octanol–water partition coefficient (Wildman–Crippen LogP) is 3.10. The van der Waals surface area contributed by atoms with Crippen LogP contribution in [0.25, 0.3) is 0 Å². The molecule has 2 aromatic heterocycles. The fraction of sp³-hybridized carbons (Fsp3) is 0.500. The zero-order valence-electron chi connectivity index (χ0n) is 11.6. The van der Waals surface area contributed by atoms with Crippen LogP contribution in [0.2, 0.25) is 0 Å². The highest BCUT2D eigenvalue weighted by molar-refractivity contribution is 5.21. The number of alkyl halides is 3. The predicted molar refractivity (Wildman–Crippen MR) is 69.6 cm³/mol. The van der Waals surface area contributed by atoms with Crippen molar-refractivity contribution in [3.8, 4) is 0 Å². The van der Waals surface area contributed by atoms with E-state index in [4.69, 9.17) is 4.42 Å². The summed E-state index contributed by atoms with van der Waals surface area (Å²) in [6.45, 7) is 2.73. The topological polar surface area (TPSA) is 43.0 Å². The average Bonchev–Trinajstić information content (AvgIpc) is 2.99. The molecular formula is C14H16F3N3O. The molecule has 0 radical (unpaired) electrons. The normalized spacial score (nSPS) is 15.6. The summed E-state index contributed by atoms with van der Waals surface area (Å²) < 4.78 is 44.4. The van der Waals surface area contributed by atoms with Crippen molar-refractivity contribution in [3.05, 3.63) is 41.1 Å². The van der Waals surface area contributed by atoms with Crippen molar-refractivity contribution < 1.29 is 17.6 Å². The molecule has 1 N–H and O–H groups in total. The lowest BCUT2D eigenvalue weighted by Crippen LogP contribution is -2.14. The van der Waals surface area contributed by atoms with Crippen LogP contribution in [0.3, 0.4) is 0 Å². The highest BCUT2D eigenvalue weighted by Crippen LogP contribution is 2.27. The fourth-order valence-corrected chi connectivity index (χ4v) is 2.14. The third-order valence-corrected chi connectivity index (χ3v) is 3.48. The molecular weight excluding hydrogens is 283 g/mol. The summed E-state index contributed by atoms with van der Waals surface area (Å²) in [6, 6.07) is 3.43. The molecule has 0 amide bonds. The molecule has 4 nitrogen and oxygen atoms in total. The summed E-state index contributed by atoms with van der Waals surface area (Å²) in [7, 11) is 0. The second-order valence-electron chi connectivity index (χ2n) is 5.35. The van der Waals surface area contributed by atoms with E-state index in [2.05, 4.69) is 10.4 Å². The molecule has 1 fully saturated rings. The van der Waals surface area contributed by atoms with E-state index in [0.29, 0.717) is 18.3 Å². The lowest BCUT2D eigenvalue weighted by molar-refractivity contribution is -0.141. The first kappa shape index (κ1) is 14.2. The molecule has 3 rings (SSSR count). The minimum absolute atomic E-state index is 0.273. The summed E-state index contributed by atoms with van der Waals surface area (Å²) >= 11 is 0. The molecule has 1 aliphatic carbocycles. The summed E-state index contributed by atoms with van der Waals surface area (Å²) in [4.78, 5) is 0. The molecule has 0 saturated heterocycles. The zero-order valence-corrected chi connectivity index (χ0v) is 11.6. The molecule has 0 unspecified atom stereocenters. The Hall–Kier alpha value is -1.76. The minimum Gasteiger partial charge on any atom is -0.465 e. The SMILES string of the molecule is Cc1oc(CNC2CC2)cc1Cn1ccc(C(F)(F)F)n1. The summed E-state index contributed by atoms with van der Waals surface area (Å²) in [5.74, 6) is 1.52. The third-order valence-electron chi connectivity index (χ3n) is 3.48. The standard InChI is InChI=1S/C14H16F3N3O/c1-9-10(6-12(21-9)7-18-11-2-3-11)8-20-5-4-13(19-20)14(15,16)17/h4-6,11,18H,2-3,7-8H2,1H3. The van der Waals surface area contributed by atoms with Gasteiger partial charge in [0.15, 0.2) is 5.69 Å². The molecule has 7 heteroatoms. The molecule has 114 valence electrons. The molecule has 1 saturated carbocycles. The molecule has 2 aromatic rings. The summed E-state index contributed by atoms with van der Waals surface area (Å²) in [5.41, 5.74) is -0.0290. The number of hydrogen-bond acceptors (Lipinski definition) is 3. The van der Waals surface area contributed by atoms with Crippen molar-refractivity contribution in [2.24, 2.45) is 0 Å². The maximum atomic E-state index is 12.5. The van der Waals surface area contributed by atoms with Crippen molar-refractivity contribution in [1.82, 2.24) is 15.1 Å². The summed E-state index contributed by atoms with van der Waals surface area (Å²) in [5, 5.41) is 6.88. The number of aryl methyl sites for hydroxylation is 1. The van der Waals surface area contributed by atoms with Crippen molar-refractivity contribution in [3.63, 3.8) is 0 Å². The quantitative estimate of drug-likeness (QED) is 0.922. The van der Waals surface area contributed by atoms with E-state index in [-0.39, 0.29) is 6.54 Å². The van der Waals surface area contributed by atoms with Crippen LogP contribution < -0.4 is 5.32 Å². The van der Waals surface area contributed by atoms with E-state index in [1.807, 2.05) is 13.0 Å². The van der Waals surface area contributed by atoms with Crippen LogP contribution in [-0.2, 0) is 19.3 Å². The van der Waals surface area contributed by atoms with Gasteiger partial charge in [-0.1, -0.05) is 0 Å². The third kappa shape index (κ3) is 3.47. The van der Waals surface area contributed by atoms with Gasteiger partial charge in [0.1, 0.15) is 11.5 Å². The molecule has 0 aromatic carbocycles. The van der Waals surface area contributed by atoms with Crippen molar-refractivity contribution >= 4 is 0 Å². The molecule has 1 aliphatic rings. The van der Waals surface area contributed by atoms with Crippen molar-refractivity contribution in [2.45, 2.75) is 45.1 Å². The van der Waals surface area contributed by atoms with E-state index in [1.54, 1.807) is 0 Å². The van der Waals surface area contributed by atoms with Gasteiger partial charge in [-0.3, -0.25) is 4.68 Å². The van der Waals surface area contributed by atoms with Crippen LogP contribution in [0.1, 0.15) is 35.6 Å². The molecule has 0 aliphatic heterocycles. The van der Waals surface area contributed by atoms with Gasteiger partial charge in [-0.25, -0.2) is 0 Å². The van der Waals surface area contributed by atoms with E-state index in [1.165, 1.54) is 23.7 Å². The Labute approximate surface area is 119 Å². The Morgan fingerprint density at radius 3 is 2.81 bits per heavy atom. The van der Waals surface area contributed by atoms with Crippen LogP contribution in [0.4, 0.5) is 13.2 Å². The lowest BCUT2D eigenvalue weighted by Gasteiger charge is -2.02. The molecule has 2 heterocycles. The highest BCUT2D eigenvalue weighted by atomic mass is 19.4. The number of rotatable bonds is 5. The number of furan rings is 1. The Balaban J connectivity index is 1.67. The monoisotopic (exact) mass is 299 g/mol. The summed E-state index contributed by atoms with van der Waals surface area (Å²) in [6.07, 6.45) is -0.687. The van der Waals surface area contributed by atoms with Gasteiger partial charge in [0.25, 0.3) is 0 Å². The number of nitrogens with one attached hydrogen (secondary N) is 1. The van der Waals surface area contributed by atoms with Crippen LogP contribution in [-0.4, -0.2) is 15.8 Å². The first-order valence-corrected chi connectivity index (χ1v) is 6.84. The van der Waals surface area contributed by atoms with Gasteiger partial charge in [0, 0.05) is 17.8 Å².